The van der Waals surface area contributed by atoms with E-state index in [1.54, 1.807) is 25.3 Å². The van der Waals surface area contributed by atoms with Crippen molar-refractivity contribution in [2.75, 3.05) is 12.0 Å². The lowest BCUT2D eigenvalue weighted by Crippen LogP contribution is -2.29. The Morgan fingerprint density at radius 2 is 1.66 bits per heavy atom. The molecule has 1 saturated heterocycles. The second-order valence-electron chi connectivity index (χ2n) is 10.1. The van der Waals surface area contributed by atoms with Crippen molar-refractivity contribution in [3.05, 3.63) is 100 Å². The number of hydrogen-bond acceptors (Lipinski definition) is 4. The quantitative estimate of drug-likeness (QED) is 0.279. The van der Waals surface area contributed by atoms with Crippen LogP contribution in [0.2, 0.25) is 0 Å². The highest BCUT2D eigenvalue weighted by molar-refractivity contribution is 6.51. The number of methoxy groups -OCH3 is 1. The molecule has 5 heteroatoms. The molecule has 0 bridgehead atoms. The molecule has 0 radical (unpaired) electrons. The monoisotopic (exact) mass is 469 g/mol. The Morgan fingerprint density at radius 1 is 0.943 bits per heavy atom. The first-order valence-corrected chi connectivity index (χ1v) is 11.7. The number of nitrogens with zero attached hydrogens (tertiary/aromatic N) is 1. The van der Waals surface area contributed by atoms with E-state index in [0.29, 0.717) is 22.6 Å². The van der Waals surface area contributed by atoms with Gasteiger partial charge in [0.2, 0.25) is 0 Å². The van der Waals surface area contributed by atoms with Crippen molar-refractivity contribution in [1.82, 2.24) is 0 Å². The molecule has 1 aliphatic rings. The third-order valence-corrected chi connectivity index (χ3v) is 6.49. The Kier molecular flexibility index (Phi) is 6.28. The van der Waals surface area contributed by atoms with Crippen molar-refractivity contribution in [2.45, 2.75) is 46.1 Å². The largest absolute Gasteiger partial charge is 0.507 e. The fourth-order valence-electron chi connectivity index (χ4n) is 4.49. The number of ether oxygens (including phenoxy) is 1. The topological polar surface area (TPSA) is 66.8 Å². The van der Waals surface area contributed by atoms with Gasteiger partial charge in [-0.3, -0.25) is 14.5 Å². The number of amides is 1. The van der Waals surface area contributed by atoms with Gasteiger partial charge in [-0.05, 0) is 71.8 Å². The highest BCUT2D eigenvalue weighted by Crippen LogP contribution is 2.43. The molecule has 1 aliphatic heterocycles. The van der Waals surface area contributed by atoms with Gasteiger partial charge in [-0.25, -0.2) is 0 Å². The SMILES string of the molecule is COc1cccc(C2/C(=C(\O)c3cc(C(C)(C)C)ccc3C)C(=O)C(=O)N2c2cccc(C)c2)c1. The second-order valence-corrected chi connectivity index (χ2v) is 10.1. The molecule has 1 fully saturated rings. The van der Waals surface area contributed by atoms with Gasteiger partial charge >= 0.3 is 0 Å². The van der Waals surface area contributed by atoms with Crippen molar-refractivity contribution in [3.63, 3.8) is 0 Å². The summed E-state index contributed by atoms with van der Waals surface area (Å²) in [5, 5.41) is 11.6. The van der Waals surface area contributed by atoms with Gasteiger partial charge in [-0.1, -0.05) is 57.2 Å². The number of carbonyl (C=O) groups excluding carboxylic acids is 2. The standard InChI is InChI=1S/C30H31NO4/c1-18-9-7-11-22(15-18)31-26(20-10-8-12-23(16-20)35-6)25(28(33)29(31)34)27(32)24-17-21(30(3,4)5)14-13-19(24)2/h7-17,26,32H,1-6H3/b27-25+. The van der Waals surface area contributed by atoms with E-state index in [2.05, 4.69) is 20.8 Å². The van der Waals surface area contributed by atoms with Crippen LogP contribution in [0.4, 0.5) is 5.69 Å². The summed E-state index contributed by atoms with van der Waals surface area (Å²) in [7, 11) is 1.57. The smallest absolute Gasteiger partial charge is 0.300 e. The molecular formula is C30H31NO4. The van der Waals surface area contributed by atoms with Crippen LogP contribution < -0.4 is 9.64 Å². The number of hydrogen-bond donors (Lipinski definition) is 1. The molecular weight excluding hydrogens is 438 g/mol. The minimum atomic E-state index is -0.801. The Hall–Kier alpha value is -3.86. The van der Waals surface area contributed by atoms with E-state index in [1.807, 2.05) is 62.4 Å². The Labute approximate surface area is 206 Å². The van der Waals surface area contributed by atoms with E-state index in [9.17, 15) is 14.7 Å². The molecule has 1 unspecified atom stereocenters. The summed E-state index contributed by atoms with van der Waals surface area (Å²) < 4.78 is 5.41. The summed E-state index contributed by atoms with van der Waals surface area (Å²) >= 11 is 0. The number of Topliss-reactive ketones (excluding diaryl/α,β-unsaturated/α-hetero) is 1. The number of carbonyl (C=O) groups is 2. The number of benzene rings is 3. The molecule has 3 aromatic carbocycles. The Bertz CT molecular complexity index is 1350. The zero-order valence-electron chi connectivity index (χ0n) is 21.0. The van der Waals surface area contributed by atoms with Gasteiger partial charge in [-0.2, -0.15) is 0 Å². The number of rotatable bonds is 4. The third-order valence-electron chi connectivity index (χ3n) is 6.49. The van der Waals surface area contributed by atoms with Crippen LogP contribution in [0.15, 0.2) is 72.3 Å². The van der Waals surface area contributed by atoms with Crippen molar-refractivity contribution in [3.8, 4) is 5.75 Å². The average Bonchev–Trinajstić information content (AvgIpc) is 3.08. The molecule has 35 heavy (non-hydrogen) atoms. The van der Waals surface area contributed by atoms with Gasteiger partial charge in [-0.15, -0.1) is 0 Å². The predicted octanol–water partition coefficient (Wildman–Crippen LogP) is 6.24. The van der Waals surface area contributed by atoms with E-state index in [4.69, 9.17) is 4.74 Å². The first kappa shape index (κ1) is 24.3. The van der Waals surface area contributed by atoms with Crippen LogP contribution in [0.25, 0.3) is 5.76 Å². The van der Waals surface area contributed by atoms with Crippen molar-refractivity contribution in [2.24, 2.45) is 0 Å². The average molecular weight is 470 g/mol. The Morgan fingerprint density at radius 3 is 2.31 bits per heavy atom. The molecule has 1 heterocycles. The Balaban J connectivity index is 2.00. The minimum Gasteiger partial charge on any atom is -0.507 e. The molecule has 0 aliphatic carbocycles. The van der Waals surface area contributed by atoms with Crippen LogP contribution in [-0.4, -0.2) is 23.9 Å². The van der Waals surface area contributed by atoms with Crippen LogP contribution in [-0.2, 0) is 15.0 Å². The molecule has 0 aromatic heterocycles. The lowest BCUT2D eigenvalue weighted by Gasteiger charge is -2.26. The van der Waals surface area contributed by atoms with E-state index >= 15 is 0 Å². The van der Waals surface area contributed by atoms with Crippen LogP contribution in [0, 0.1) is 13.8 Å². The van der Waals surface area contributed by atoms with Gasteiger partial charge in [0, 0.05) is 11.3 Å². The second kappa shape index (κ2) is 9.06. The summed E-state index contributed by atoms with van der Waals surface area (Å²) in [4.78, 5) is 28.4. The molecule has 1 atom stereocenters. The molecule has 0 saturated carbocycles. The number of aryl methyl sites for hydroxylation is 2. The maximum Gasteiger partial charge on any atom is 0.300 e. The van der Waals surface area contributed by atoms with Gasteiger partial charge in [0.05, 0.1) is 18.7 Å². The normalized spacial score (nSPS) is 17.7. The van der Waals surface area contributed by atoms with Crippen LogP contribution >= 0.6 is 0 Å². The highest BCUT2D eigenvalue weighted by atomic mass is 16.5. The summed E-state index contributed by atoms with van der Waals surface area (Å²) in [5.74, 6) is -0.954. The molecule has 4 rings (SSSR count). The maximum absolute atomic E-state index is 13.5. The fourth-order valence-corrected chi connectivity index (χ4v) is 4.49. The van der Waals surface area contributed by atoms with E-state index in [-0.39, 0.29) is 16.7 Å². The summed E-state index contributed by atoms with van der Waals surface area (Å²) in [5.41, 5.74) is 4.55. The molecule has 1 amide bonds. The van der Waals surface area contributed by atoms with E-state index in [1.165, 1.54) is 4.90 Å². The molecule has 5 nitrogen and oxygen atoms in total. The number of aliphatic hydroxyl groups is 1. The first-order valence-electron chi connectivity index (χ1n) is 11.7. The van der Waals surface area contributed by atoms with Gasteiger partial charge in [0.25, 0.3) is 11.7 Å². The highest BCUT2D eigenvalue weighted by Gasteiger charge is 2.47. The molecule has 0 spiro atoms. The third kappa shape index (κ3) is 4.46. The molecule has 180 valence electrons. The first-order chi connectivity index (χ1) is 16.5. The zero-order chi connectivity index (χ0) is 25.5. The number of anilines is 1. The van der Waals surface area contributed by atoms with Gasteiger partial charge in [0.15, 0.2) is 0 Å². The van der Waals surface area contributed by atoms with E-state index < -0.39 is 17.7 Å². The lowest BCUT2D eigenvalue weighted by atomic mass is 9.84. The van der Waals surface area contributed by atoms with Crippen LogP contribution in [0.3, 0.4) is 0 Å². The number of aliphatic hydroxyl groups excluding tert-OH is 1. The van der Waals surface area contributed by atoms with Gasteiger partial charge < -0.3 is 9.84 Å². The van der Waals surface area contributed by atoms with Crippen LogP contribution in [0.1, 0.15) is 54.6 Å². The van der Waals surface area contributed by atoms with Crippen LogP contribution in [0.5, 0.6) is 5.75 Å². The van der Waals surface area contributed by atoms with Crippen molar-refractivity contribution < 1.29 is 19.4 Å². The zero-order valence-corrected chi connectivity index (χ0v) is 21.0. The van der Waals surface area contributed by atoms with Crippen molar-refractivity contribution in [1.29, 1.82) is 0 Å². The van der Waals surface area contributed by atoms with E-state index in [0.717, 1.165) is 16.7 Å². The summed E-state index contributed by atoms with van der Waals surface area (Å²) in [6.45, 7) is 10.1. The number of ketones is 1. The summed E-state index contributed by atoms with van der Waals surface area (Å²) in [6.07, 6.45) is 0. The van der Waals surface area contributed by atoms with Crippen molar-refractivity contribution >= 4 is 23.1 Å². The summed E-state index contributed by atoms with van der Waals surface area (Å²) in [6, 6.07) is 19.8. The molecule has 3 aromatic rings. The fraction of sp³-hybridized carbons (Fsp3) is 0.267. The lowest BCUT2D eigenvalue weighted by molar-refractivity contribution is -0.132. The van der Waals surface area contributed by atoms with Gasteiger partial charge in [0.1, 0.15) is 11.5 Å². The minimum absolute atomic E-state index is 0.0684. The maximum atomic E-state index is 13.5. The predicted molar refractivity (Wildman–Crippen MR) is 139 cm³/mol. The molecule has 1 N–H and O–H groups in total.